The van der Waals surface area contributed by atoms with Crippen molar-refractivity contribution in [2.75, 3.05) is 12.4 Å². The fourth-order valence-corrected chi connectivity index (χ4v) is 6.14. The molecule has 2 aromatic carbocycles. The van der Waals surface area contributed by atoms with Gasteiger partial charge in [-0.2, -0.15) is 0 Å². The molecule has 4 N–H and O–H groups in total. The molecule has 11 heteroatoms. The maximum absolute atomic E-state index is 13.2. The first-order valence-corrected chi connectivity index (χ1v) is 13.5. The number of esters is 1. The third-order valence-electron chi connectivity index (χ3n) is 8.15. The quantitative estimate of drug-likeness (QED) is 0.319. The molecule has 0 fully saturated rings. The van der Waals surface area contributed by atoms with Crippen molar-refractivity contribution in [3.8, 4) is 17.3 Å². The number of anilines is 1. The largest absolute Gasteiger partial charge is 0.469 e. The molecule has 0 aliphatic carbocycles. The van der Waals surface area contributed by atoms with Crippen molar-refractivity contribution in [3.05, 3.63) is 82.3 Å². The number of aromatic nitrogens is 2. The second kappa shape index (κ2) is 8.93. The van der Waals surface area contributed by atoms with Gasteiger partial charge >= 0.3 is 5.97 Å². The van der Waals surface area contributed by atoms with Crippen LogP contribution in [0.15, 0.2) is 51.3 Å². The maximum atomic E-state index is 13.2. The predicted octanol–water partition coefficient (Wildman–Crippen LogP) is 3.60. The minimum absolute atomic E-state index is 0.0416. The standard InChI is InChI=1S/C30H29N5O6/c1-13(2)21-26-35-23(27-34-22(14(3)39-27)28(37)38-4)24(41-26)30-16-7-5-6-8-19(16)32-29(30)40-20-10-9-15(11-17(20)30)12-18(31)25(36)33-21/h5-11,13,18,21,29,32H,12,31H2,1-4H3,(H,33,36)/t18-,21-,29?,30?/m0/s1. The molecule has 2 unspecified atom stereocenters. The van der Waals surface area contributed by atoms with E-state index in [4.69, 9.17) is 29.0 Å². The zero-order valence-electron chi connectivity index (χ0n) is 23.0. The predicted molar refractivity (Wildman–Crippen MR) is 146 cm³/mol. The summed E-state index contributed by atoms with van der Waals surface area (Å²) in [6.07, 6.45) is -0.245. The first-order chi connectivity index (χ1) is 19.7. The zero-order chi connectivity index (χ0) is 28.6. The summed E-state index contributed by atoms with van der Waals surface area (Å²) in [7, 11) is 1.28. The Kier molecular flexibility index (Phi) is 5.52. The second-order valence-electron chi connectivity index (χ2n) is 11.0. The van der Waals surface area contributed by atoms with E-state index >= 15 is 0 Å². The van der Waals surface area contributed by atoms with Crippen LogP contribution in [0.25, 0.3) is 11.6 Å². The van der Waals surface area contributed by atoms with Gasteiger partial charge in [0.1, 0.15) is 23.0 Å². The topological polar surface area (TPSA) is 155 Å². The minimum Gasteiger partial charge on any atom is -0.469 e. The summed E-state index contributed by atoms with van der Waals surface area (Å²) < 4.78 is 24.2. The molecule has 3 aliphatic rings. The lowest BCUT2D eigenvalue weighted by Crippen LogP contribution is -2.45. The van der Waals surface area contributed by atoms with Crippen LogP contribution in [-0.4, -0.2) is 41.2 Å². The van der Waals surface area contributed by atoms with E-state index in [1.165, 1.54) is 7.11 Å². The van der Waals surface area contributed by atoms with Gasteiger partial charge in [-0.05, 0) is 42.5 Å². The number of hydrogen-bond acceptors (Lipinski definition) is 10. The molecule has 11 nitrogen and oxygen atoms in total. The van der Waals surface area contributed by atoms with Gasteiger partial charge in [0, 0.05) is 11.3 Å². The van der Waals surface area contributed by atoms with Gasteiger partial charge in [-0.1, -0.05) is 44.2 Å². The lowest BCUT2D eigenvalue weighted by atomic mass is 9.72. The van der Waals surface area contributed by atoms with Gasteiger partial charge in [-0.25, -0.2) is 14.8 Å². The second-order valence-corrected chi connectivity index (χ2v) is 11.0. The lowest BCUT2D eigenvalue weighted by molar-refractivity contribution is -0.123. The van der Waals surface area contributed by atoms with Gasteiger partial charge in [0.05, 0.1) is 13.2 Å². The molecular weight excluding hydrogens is 526 g/mol. The van der Waals surface area contributed by atoms with E-state index in [-0.39, 0.29) is 35.1 Å². The maximum Gasteiger partial charge on any atom is 0.360 e. The van der Waals surface area contributed by atoms with Crippen molar-refractivity contribution >= 4 is 17.6 Å². The number of amides is 1. The third kappa shape index (κ3) is 3.54. The van der Waals surface area contributed by atoms with Gasteiger partial charge in [0.25, 0.3) is 0 Å². The highest BCUT2D eigenvalue weighted by molar-refractivity contribution is 5.89. The van der Waals surface area contributed by atoms with Crippen LogP contribution in [0.4, 0.5) is 5.69 Å². The fourth-order valence-electron chi connectivity index (χ4n) is 6.14. The summed E-state index contributed by atoms with van der Waals surface area (Å²) >= 11 is 0. The molecule has 4 atom stereocenters. The Morgan fingerprint density at radius 1 is 1.12 bits per heavy atom. The molecule has 1 amide bonds. The Hall–Kier alpha value is -4.64. The molecule has 210 valence electrons. The molecule has 4 aromatic rings. The van der Waals surface area contributed by atoms with E-state index in [1.54, 1.807) is 6.92 Å². The number of ether oxygens (including phenoxy) is 2. The van der Waals surface area contributed by atoms with Gasteiger partial charge in [-0.3, -0.25) is 4.79 Å². The van der Waals surface area contributed by atoms with E-state index < -0.39 is 29.7 Å². The van der Waals surface area contributed by atoms with Crippen LogP contribution in [0.2, 0.25) is 0 Å². The Bertz CT molecular complexity index is 1720. The number of rotatable bonds is 3. The number of hydrogen-bond donors (Lipinski definition) is 3. The number of nitrogens with zero attached hydrogens (tertiary/aromatic N) is 2. The fraction of sp³-hybridized carbons (Fsp3) is 0.333. The Labute approximate surface area is 235 Å². The molecule has 1 spiro atoms. The van der Waals surface area contributed by atoms with Gasteiger partial charge in [0.2, 0.25) is 17.7 Å². The van der Waals surface area contributed by atoms with Crippen molar-refractivity contribution in [1.82, 2.24) is 15.3 Å². The zero-order valence-corrected chi connectivity index (χ0v) is 23.0. The summed E-state index contributed by atoms with van der Waals surface area (Å²) in [5, 5.41) is 6.56. The number of para-hydroxylation sites is 1. The van der Waals surface area contributed by atoms with Gasteiger partial charge < -0.3 is 34.7 Å². The summed E-state index contributed by atoms with van der Waals surface area (Å²) in [6.45, 7) is 5.56. The number of carbonyl (C=O) groups excluding carboxylic acids is 2. The Balaban J connectivity index is 1.57. The molecule has 41 heavy (non-hydrogen) atoms. The molecule has 0 radical (unpaired) electrons. The number of nitrogens with one attached hydrogen (secondary N) is 2. The highest BCUT2D eigenvalue weighted by atomic mass is 16.5. The molecule has 0 saturated heterocycles. The number of benzene rings is 2. The molecule has 2 aromatic heterocycles. The van der Waals surface area contributed by atoms with Crippen LogP contribution in [-0.2, 0) is 21.4 Å². The molecular formula is C30H29N5O6. The average Bonchev–Trinajstić information content (AvgIpc) is 3.70. The van der Waals surface area contributed by atoms with Gasteiger partial charge in [0.15, 0.2) is 23.4 Å². The first kappa shape index (κ1) is 25.3. The van der Waals surface area contributed by atoms with Crippen LogP contribution in [0.5, 0.6) is 5.75 Å². The number of nitrogens with two attached hydrogens (primary N) is 1. The summed E-state index contributed by atoms with van der Waals surface area (Å²) in [5.41, 5.74) is 9.26. The number of fused-ring (bicyclic) bond motifs is 4. The van der Waals surface area contributed by atoms with Crippen LogP contribution in [0.1, 0.15) is 64.5 Å². The van der Waals surface area contributed by atoms with E-state index in [1.807, 2.05) is 56.3 Å². The van der Waals surface area contributed by atoms with Crippen molar-refractivity contribution in [2.45, 2.75) is 50.9 Å². The first-order valence-electron chi connectivity index (χ1n) is 13.5. The smallest absolute Gasteiger partial charge is 0.360 e. The molecule has 5 heterocycles. The summed E-state index contributed by atoms with van der Waals surface area (Å²) in [4.78, 5) is 35.1. The third-order valence-corrected chi connectivity index (χ3v) is 8.15. The van der Waals surface area contributed by atoms with E-state index in [9.17, 15) is 9.59 Å². The number of aryl methyl sites for hydroxylation is 1. The van der Waals surface area contributed by atoms with Crippen molar-refractivity contribution in [2.24, 2.45) is 11.7 Å². The highest BCUT2D eigenvalue weighted by Crippen LogP contribution is 2.59. The van der Waals surface area contributed by atoms with Crippen LogP contribution >= 0.6 is 0 Å². The highest BCUT2D eigenvalue weighted by Gasteiger charge is 2.61. The molecule has 4 bridgehead atoms. The monoisotopic (exact) mass is 555 g/mol. The van der Waals surface area contributed by atoms with E-state index in [0.29, 0.717) is 23.6 Å². The number of carbonyl (C=O) groups is 2. The molecule has 0 saturated carbocycles. The van der Waals surface area contributed by atoms with Crippen molar-refractivity contribution in [1.29, 1.82) is 0 Å². The van der Waals surface area contributed by atoms with Crippen molar-refractivity contribution in [3.63, 3.8) is 0 Å². The average molecular weight is 556 g/mol. The number of oxazole rings is 2. The van der Waals surface area contributed by atoms with Crippen LogP contribution in [0.3, 0.4) is 0 Å². The van der Waals surface area contributed by atoms with E-state index in [0.717, 1.165) is 22.4 Å². The number of methoxy groups -OCH3 is 1. The van der Waals surface area contributed by atoms with Crippen LogP contribution in [0, 0.1) is 12.8 Å². The SMILES string of the molecule is COC(=O)c1nc(-c2nc3oc2C24c5ccccc5NC2Oc2ccc(cc24)C[C@H](N)C(=O)N[C@H]3C(C)C)oc1C. The molecule has 3 aliphatic heterocycles. The van der Waals surface area contributed by atoms with Gasteiger partial charge in [-0.15, -0.1) is 0 Å². The van der Waals surface area contributed by atoms with Crippen molar-refractivity contribution < 1.29 is 27.9 Å². The summed E-state index contributed by atoms with van der Waals surface area (Å²) in [5.74, 6) is 0.692. The lowest BCUT2D eigenvalue weighted by Gasteiger charge is -2.28. The normalized spacial score (nSPS) is 24.0. The molecule has 7 rings (SSSR count). The Morgan fingerprint density at radius 3 is 2.71 bits per heavy atom. The van der Waals surface area contributed by atoms with E-state index in [2.05, 4.69) is 15.6 Å². The Morgan fingerprint density at radius 2 is 1.93 bits per heavy atom. The van der Waals surface area contributed by atoms with Crippen LogP contribution < -0.4 is 21.1 Å². The minimum atomic E-state index is -0.995. The summed E-state index contributed by atoms with van der Waals surface area (Å²) in [6, 6.07) is 12.4.